The molecular formula is C23H23ClN4O2. The number of methoxy groups -OCH3 is 1. The van der Waals surface area contributed by atoms with E-state index in [2.05, 4.69) is 20.1 Å². The topological polar surface area (TPSA) is 69.0 Å². The van der Waals surface area contributed by atoms with Crippen LogP contribution in [0, 0.1) is 0 Å². The highest BCUT2D eigenvalue weighted by Crippen LogP contribution is 2.31. The normalized spacial score (nSPS) is 13.7. The number of amides is 1. The molecule has 0 atom stereocenters. The van der Waals surface area contributed by atoms with Crippen molar-refractivity contribution in [3.05, 3.63) is 65.0 Å². The second kappa shape index (κ2) is 9.13. The van der Waals surface area contributed by atoms with Crippen LogP contribution in [-0.2, 0) is 17.8 Å². The number of anilines is 1. The molecule has 1 aliphatic heterocycles. The van der Waals surface area contributed by atoms with E-state index in [0.29, 0.717) is 10.7 Å². The van der Waals surface area contributed by atoms with Crippen LogP contribution in [0.4, 0.5) is 5.69 Å². The van der Waals surface area contributed by atoms with Gasteiger partial charge in [0, 0.05) is 30.3 Å². The zero-order valence-corrected chi connectivity index (χ0v) is 17.5. The smallest absolute Gasteiger partial charge is 0.248 e. The first-order valence-electron chi connectivity index (χ1n) is 9.99. The van der Waals surface area contributed by atoms with Crippen molar-refractivity contribution in [2.45, 2.75) is 32.2 Å². The van der Waals surface area contributed by atoms with Gasteiger partial charge in [-0.3, -0.25) is 4.79 Å². The van der Waals surface area contributed by atoms with Crippen molar-refractivity contribution in [2.24, 2.45) is 0 Å². The molecule has 1 aliphatic rings. The standard InChI is InChI=1S/C23H23ClN4O2/c1-30-18-10-6-16(7-11-18)8-13-22(29)25-17-9-12-20(24)19(15-17)23-27-26-21-5-3-2-4-14-28(21)23/h6-13,15H,2-5,14H2,1H3,(H,25,29)/b13-8+. The highest BCUT2D eigenvalue weighted by atomic mass is 35.5. The van der Waals surface area contributed by atoms with Crippen LogP contribution in [0.3, 0.4) is 0 Å². The Balaban J connectivity index is 1.51. The number of nitrogens with zero attached hydrogens (tertiary/aromatic N) is 3. The van der Waals surface area contributed by atoms with Crippen molar-refractivity contribution in [3.63, 3.8) is 0 Å². The highest BCUT2D eigenvalue weighted by Gasteiger charge is 2.18. The molecule has 0 fully saturated rings. The largest absolute Gasteiger partial charge is 0.497 e. The van der Waals surface area contributed by atoms with Gasteiger partial charge >= 0.3 is 0 Å². The Kier molecular flexibility index (Phi) is 6.14. The third-order valence-corrected chi connectivity index (χ3v) is 5.46. The summed E-state index contributed by atoms with van der Waals surface area (Å²) in [5, 5.41) is 12.2. The lowest BCUT2D eigenvalue weighted by atomic mass is 10.1. The number of aryl methyl sites for hydroxylation is 1. The lowest BCUT2D eigenvalue weighted by molar-refractivity contribution is -0.111. The van der Waals surface area contributed by atoms with E-state index in [4.69, 9.17) is 16.3 Å². The summed E-state index contributed by atoms with van der Waals surface area (Å²) >= 11 is 6.46. The van der Waals surface area contributed by atoms with E-state index in [1.165, 1.54) is 12.5 Å². The molecule has 154 valence electrons. The van der Waals surface area contributed by atoms with Crippen LogP contribution >= 0.6 is 11.6 Å². The van der Waals surface area contributed by atoms with Gasteiger partial charge in [-0.05, 0) is 54.8 Å². The molecule has 2 aromatic carbocycles. The number of carbonyl (C=O) groups is 1. The summed E-state index contributed by atoms with van der Waals surface area (Å²) in [6, 6.07) is 12.9. The zero-order valence-electron chi connectivity index (χ0n) is 16.8. The Morgan fingerprint density at radius 1 is 1.13 bits per heavy atom. The van der Waals surface area contributed by atoms with E-state index in [0.717, 1.165) is 54.3 Å². The van der Waals surface area contributed by atoms with E-state index in [-0.39, 0.29) is 5.91 Å². The lowest BCUT2D eigenvalue weighted by Crippen LogP contribution is -2.08. The molecule has 30 heavy (non-hydrogen) atoms. The number of carbonyl (C=O) groups excluding carboxylic acids is 1. The number of rotatable bonds is 5. The Labute approximate surface area is 180 Å². The minimum Gasteiger partial charge on any atom is -0.497 e. The number of aromatic nitrogens is 3. The fourth-order valence-electron chi connectivity index (χ4n) is 3.53. The minimum absolute atomic E-state index is 0.223. The minimum atomic E-state index is -0.223. The molecule has 0 unspecified atom stereocenters. The summed E-state index contributed by atoms with van der Waals surface area (Å²) < 4.78 is 7.28. The van der Waals surface area contributed by atoms with Gasteiger partial charge in [0.15, 0.2) is 5.82 Å². The zero-order chi connectivity index (χ0) is 20.9. The first kappa shape index (κ1) is 20.2. The maximum atomic E-state index is 12.4. The molecule has 2 heterocycles. The van der Waals surface area contributed by atoms with Crippen molar-refractivity contribution in [3.8, 4) is 17.1 Å². The van der Waals surface area contributed by atoms with E-state index in [1.807, 2.05) is 30.3 Å². The van der Waals surface area contributed by atoms with Gasteiger partial charge in [0.25, 0.3) is 0 Å². The summed E-state index contributed by atoms with van der Waals surface area (Å²) in [4.78, 5) is 12.4. The summed E-state index contributed by atoms with van der Waals surface area (Å²) in [7, 11) is 1.62. The highest BCUT2D eigenvalue weighted by molar-refractivity contribution is 6.33. The molecule has 6 nitrogen and oxygen atoms in total. The average molecular weight is 423 g/mol. The number of nitrogens with one attached hydrogen (secondary N) is 1. The van der Waals surface area contributed by atoms with Crippen LogP contribution in [0.2, 0.25) is 5.02 Å². The second-order valence-corrected chi connectivity index (χ2v) is 7.60. The first-order valence-corrected chi connectivity index (χ1v) is 10.4. The van der Waals surface area contributed by atoms with Gasteiger partial charge in [-0.1, -0.05) is 30.2 Å². The van der Waals surface area contributed by atoms with Crippen molar-refractivity contribution in [1.82, 2.24) is 14.8 Å². The predicted octanol–water partition coefficient (Wildman–Crippen LogP) is 4.99. The molecule has 0 aliphatic carbocycles. The predicted molar refractivity (Wildman–Crippen MR) is 119 cm³/mol. The molecule has 0 spiro atoms. The van der Waals surface area contributed by atoms with Crippen molar-refractivity contribution in [1.29, 1.82) is 0 Å². The fraction of sp³-hybridized carbons (Fsp3) is 0.261. The summed E-state index contributed by atoms with van der Waals surface area (Å²) in [6.07, 6.45) is 7.60. The van der Waals surface area contributed by atoms with Crippen LogP contribution in [0.5, 0.6) is 5.75 Å². The molecular weight excluding hydrogens is 400 g/mol. The molecule has 1 aromatic heterocycles. The molecule has 0 bridgehead atoms. The third kappa shape index (κ3) is 4.54. The number of fused-ring (bicyclic) bond motifs is 1. The molecule has 3 aromatic rings. The number of hydrogen-bond donors (Lipinski definition) is 1. The summed E-state index contributed by atoms with van der Waals surface area (Å²) in [5.74, 6) is 2.30. The van der Waals surface area contributed by atoms with Gasteiger partial charge in [-0.15, -0.1) is 10.2 Å². The van der Waals surface area contributed by atoms with Crippen LogP contribution < -0.4 is 10.1 Å². The Morgan fingerprint density at radius 3 is 2.77 bits per heavy atom. The molecule has 0 saturated carbocycles. The van der Waals surface area contributed by atoms with Crippen LogP contribution in [0.1, 0.15) is 30.7 Å². The fourth-order valence-corrected chi connectivity index (χ4v) is 3.73. The van der Waals surface area contributed by atoms with Crippen LogP contribution in [0.25, 0.3) is 17.5 Å². The number of benzene rings is 2. The van der Waals surface area contributed by atoms with Gasteiger partial charge in [0.05, 0.1) is 12.1 Å². The Bertz CT molecular complexity index is 1070. The molecule has 1 N–H and O–H groups in total. The second-order valence-electron chi connectivity index (χ2n) is 7.19. The van der Waals surface area contributed by atoms with Gasteiger partial charge < -0.3 is 14.6 Å². The Morgan fingerprint density at radius 2 is 1.97 bits per heavy atom. The van der Waals surface area contributed by atoms with E-state index < -0.39 is 0 Å². The Hall–Kier alpha value is -3.12. The molecule has 7 heteroatoms. The van der Waals surface area contributed by atoms with Gasteiger partial charge in [0.1, 0.15) is 11.6 Å². The molecule has 0 radical (unpaired) electrons. The van der Waals surface area contributed by atoms with Gasteiger partial charge in [0.2, 0.25) is 5.91 Å². The number of hydrogen-bond acceptors (Lipinski definition) is 4. The molecule has 4 rings (SSSR count). The summed E-state index contributed by atoms with van der Waals surface area (Å²) in [5.41, 5.74) is 2.34. The first-order chi connectivity index (χ1) is 14.6. The quantitative estimate of drug-likeness (QED) is 0.588. The van der Waals surface area contributed by atoms with Gasteiger partial charge in [-0.25, -0.2) is 0 Å². The van der Waals surface area contributed by atoms with Crippen molar-refractivity contribution in [2.75, 3.05) is 12.4 Å². The number of halogens is 1. The van der Waals surface area contributed by atoms with E-state index in [9.17, 15) is 4.79 Å². The maximum absolute atomic E-state index is 12.4. The van der Waals surface area contributed by atoms with E-state index >= 15 is 0 Å². The van der Waals surface area contributed by atoms with Crippen molar-refractivity contribution < 1.29 is 9.53 Å². The van der Waals surface area contributed by atoms with Crippen LogP contribution in [-0.4, -0.2) is 27.8 Å². The number of ether oxygens (including phenoxy) is 1. The monoisotopic (exact) mass is 422 g/mol. The lowest BCUT2D eigenvalue weighted by Gasteiger charge is -2.10. The average Bonchev–Trinajstić information content (AvgIpc) is 3.01. The summed E-state index contributed by atoms with van der Waals surface area (Å²) in [6.45, 7) is 0.884. The maximum Gasteiger partial charge on any atom is 0.248 e. The van der Waals surface area contributed by atoms with Gasteiger partial charge in [-0.2, -0.15) is 0 Å². The molecule has 0 saturated heterocycles. The van der Waals surface area contributed by atoms with E-state index in [1.54, 1.807) is 25.3 Å². The van der Waals surface area contributed by atoms with Crippen molar-refractivity contribution >= 4 is 29.3 Å². The van der Waals surface area contributed by atoms with Crippen LogP contribution in [0.15, 0.2) is 48.5 Å². The third-order valence-electron chi connectivity index (χ3n) is 5.13. The SMILES string of the molecule is COc1ccc(/C=C/C(=O)Nc2ccc(Cl)c(-c3nnc4n3CCCCC4)c2)cc1. The molecule has 1 amide bonds.